The van der Waals surface area contributed by atoms with Crippen molar-refractivity contribution in [2.75, 3.05) is 12.4 Å². The summed E-state index contributed by atoms with van der Waals surface area (Å²) in [6.07, 6.45) is 1.17. The fraction of sp³-hybridized carbons (Fsp3) is 0.150. The molecule has 0 aliphatic rings. The summed E-state index contributed by atoms with van der Waals surface area (Å²) in [5, 5.41) is 6.97. The van der Waals surface area contributed by atoms with Crippen molar-refractivity contribution >= 4 is 44.9 Å². The Morgan fingerprint density at radius 3 is 2.80 bits per heavy atom. The van der Waals surface area contributed by atoms with Gasteiger partial charge in [0.25, 0.3) is 0 Å². The van der Waals surface area contributed by atoms with E-state index < -0.39 is 0 Å². The molecule has 0 aliphatic heterocycles. The van der Waals surface area contributed by atoms with Crippen molar-refractivity contribution in [3.63, 3.8) is 0 Å². The molecule has 0 spiro atoms. The van der Waals surface area contributed by atoms with Crippen LogP contribution in [0, 0.1) is 0 Å². The van der Waals surface area contributed by atoms with Gasteiger partial charge in [0.2, 0.25) is 5.91 Å². The number of nitrogens with one attached hydrogen (secondary N) is 1. The van der Waals surface area contributed by atoms with Gasteiger partial charge in [-0.1, -0.05) is 24.3 Å². The summed E-state index contributed by atoms with van der Waals surface area (Å²) >= 11 is 1.66. The van der Waals surface area contributed by atoms with Gasteiger partial charge >= 0.3 is 0 Å². The Kier molecular flexibility index (Phi) is 4.15. The van der Waals surface area contributed by atoms with Crippen molar-refractivity contribution in [1.29, 1.82) is 0 Å². The van der Waals surface area contributed by atoms with Gasteiger partial charge in [0, 0.05) is 28.1 Å². The van der Waals surface area contributed by atoms with Gasteiger partial charge in [-0.3, -0.25) is 4.79 Å². The van der Waals surface area contributed by atoms with E-state index in [9.17, 15) is 4.79 Å². The van der Waals surface area contributed by atoms with E-state index in [2.05, 4.69) is 5.32 Å². The van der Waals surface area contributed by atoms with Crippen molar-refractivity contribution in [3.8, 4) is 5.75 Å². The molecule has 4 aromatic rings. The Morgan fingerprint density at radius 1 is 1.12 bits per heavy atom. The van der Waals surface area contributed by atoms with Gasteiger partial charge in [-0.2, -0.15) is 0 Å². The van der Waals surface area contributed by atoms with E-state index >= 15 is 0 Å². The van der Waals surface area contributed by atoms with Gasteiger partial charge in [-0.25, -0.2) is 0 Å². The maximum Gasteiger partial charge on any atom is 0.224 e. The maximum absolute atomic E-state index is 12.3. The van der Waals surface area contributed by atoms with Crippen molar-refractivity contribution in [1.82, 2.24) is 0 Å². The van der Waals surface area contributed by atoms with Crippen molar-refractivity contribution in [2.24, 2.45) is 0 Å². The highest BCUT2D eigenvalue weighted by atomic mass is 32.1. The van der Waals surface area contributed by atoms with Crippen LogP contribution in [-0.4, -0.2) is 13.0 Å². The van der Waals surface area contributed by atoms with Crippen LogP contribution in [0.25, 0.3) is 21.9 Å². The molecule has 0 saturated carbocycles. The van der Waals surface area contributed by atoms with E-state index in [-0.39, 0.29) is 5.91 Å². The highest BCUT2D eigenvalue weighted by Crippen LogP contribution is 2.36. The molecular weight excluding hydrogens is 334 g/mol. The molecule has 4 nitrogen and oxygen atoms in total. The molecule has 126 valence electrons. The molecule has 0 aliphatic carbocycles. The largest absolute Gasteiger partial charge is 0.495 e. The number of anilines is 1. The van der Waals surface area contributed by atoms with Gasteiger partial charge in [-0.15, -0.1) is 11.3 Å². The molecule has 0 unspecified atom stereocenters. The number of para-hydroxylation sites is 1. The van der Waals surface area contributed by atoms with Crippen LogP contribution in [0.4, 0.5) is 5.69 Å². The first kappa shape index (κ1) is 15.7. The summed E-state index contributed by atoms with van der Waals surface area (Å²) in [5.41, 5.74) is 2.18. The standard InChI is InChI=1S/C20H17NO3S/c1-23-19-11-15-14-6-2-3-7-17(14)24-18(15)12-16(19)21-20(22)9-8-13-5-4-10-25-13/h2-7,10-12H,8-9H2,1H3,(H,21,22). The molecule has 1 amide bonds. The molecule has 2 aromatic carbocycles. The zero-order chi connectivity index (χ0) is 17.2. The summed E-state index contributed by atoms with van der Waals surface area (Å²) in [6.45, 7) is 0. The third kappa shape index (κ3) is 3.10. The molecule has 0 atom stereocenters. The van der Waals surface area contributed by atoms with Crippen LogP contribution in [0.2, 0.25) is 0 Å². The van der Waals surface area contributed by atoms with Crippen molar-refractivity contribution in [2.45, 2.75) is 12.8 Å². The molecular formula is C20H17NO3S. The fourth-order valence-corrected chi connectivity index (χ4v) is 3.63. The number of ether oxygens (including phenoxy) is 1. The molecule has 2 aromatic heterocycles. The van der Waals surface area contributed by atoms with E-state index in [1.807, 2.05) is 53.9 Å². The molecule has 0 radical (unpaired) electrons. The second kappa shape index (κ2) is 6.61. The van der Waals surface area contributed by atoms with Crippen LogP contribution in [0.15, 0.2) is 58.3 Å². The van der Waals surface area contributed by atoms with Gasteiger partial charge < -0.3 is 14.5 Å². The molecule has 0 bridgehead atoms. The predicted molar refractivity (Wildman–Crippen MR) is 102 cm³/mol. The molecule has 5 heteroatoms. The van der Waals surface area contributed by atoms with E-state index in [4.69, 9.17) is 9.15 Å². The first-order valence-electron chi connectivity index (χ1n) is 8.06. The van der Waals surface area contributed by atoms with Crippen molar-refractivity contribution in [3.05, 3.63) is 58.8 Å². The third-order valence-corrected chi connectivity index (χ3v) is 5.09. The van der Waals surface area contributed by atoms with Crippen LogP contribution in [0.1, 0.15) is 11.3 Å². The zero-order valence-corrected chi connectivity index (χ0v) is 14.6. The normalized spacial score (nSPS) is 11.1. The average Bonchev–Trinajstić information content (AvgIpc) is 3.26. The maximum atomic E-state index is 12.3. The number of amides is 1. The first-order valence-corrected chi connectivity index (χ1v) is 8.94. The number of methoxy groups -OCH3 is 1. The molecule has 2 heterocycles. The van der Waals surface area contributed by atoms with E-state index in [0.29, 0.717) is 17.9 Å². The number of hydrogen-bond donors (Lipinski definition) is 1. The Morgan fingerprint density at radius 2 is 2.00 bits per heavy atom. The molecule has 0 fully saturated rings. The lowest BCUT2D eigenvalue weighted by Crippen LogP contribution is -2.12. The minimum Gasteiger partial charge on any atom is -0.495 e. The number of furan rings is 1. The molecule has 1 N–H and O–H groups in total. The Hall–Kier alpha value is -2.79. The number of hydrogen-bond acceptors (Lipinski definition) is 4. The summed E-state index contributed by atoms with van der Waals surface area (Å²) in [7, 11) is 1.60. The zero-order valence-electron chi connectivity index (χ0n) is 13.7. The number of rotatable bonds is 5. The lowest BCUT2D eigenvalue weighted by molar-refractivity contribution is -0.116. The van der Waals surface area contributed by atoms with Crippen LogP contribution in [0.5, 0.6) is 5.75 Å². The second-order valence-corrected chi connectivity index (χ2v) is 6.81. The number of thiophene rings is 1. The smallest absolute Gasteiger partial charge is 0.224 e. The van der Waals surface area contributed by atoms with Gasteiger partial charge in [0.15, 0.2) is 0 Å². The van der Waals surface area contributed by atoms with E-state index in [0.717, 1.165) is 28.4 Å². The van der Waals surface area contributed by atoms with Gasteiger partial charge in [0.1, 0.15) is 16.9 Å². The minimum atomic E-state index is -0.0397. The van der Waals surface area contributed by atoms with E-state index in [1.54, 1.807) is 18.4 Å². The van der Waals surface area contributed by atoms with Crippen LogP contribution in [0.3, 0.4) is 0 Å². The number of fused-ring (bicyclic) bond motifs is 3. The summed E-state index contributed by atoms with van der Waals surface area (Å²) in [5.74, 6) is 0.589. The lowest BCUT2D eigenvalue weighted by atomic mass is 10.1. The quantitative estimate of drug-likeness (QED) is 0.536. The SMILES string of the molecule is COc1cc2c(cc1NC(=O)CCc1cccs1)oc1ccccc12. The van der Waals surface area contributed by atoms with Gasteiger partial charge in [0.05, 0.1) is 12.8 Å². The Labute approximate surface area is 149 Å². The summed E-state index contributed by atoms with van der Waals surface area (Å²) in [4.78, 5) is 13.5. The Balaban J connectivity index is 1.61. The minimum absolute atomic E-state index is 0.0397. The fourth-order valence-electron chi connectivity index (χ4n) is 2.92. The molecule has 25 heavy (non-hydrogen) atoms. The Bertz CT molecular complexity index is 1030. The van der Waals surface area contributed by atoms with Crippen LogP contribution >= 0.6 is 11.3 Å². The monoisotopic (exact) mass is 351 g/mol. The predicted octanol–water partition coefficient (Wildman–Crippen LogP) is 5.23. The molecule has 0 saturated heterocycles. The number of benzene rings is 2. The van der Waals surface area contributed by atoms with E-state index in [1.165, 1.54) is 4.88 Å². The number of carbonyl (C=O) groups is 1. The highest BCUT2D eigenvalue weighted by molar-refractivity contribution is 7.09. The molecule has 4 rings (SSSR count). The lowest BCUT2D eigenvalue weighted by Gasteiger charge is -2.10. The number of aryl methyl sites for hydroxylation is 1. The average molecular weight is 351 g/mol. The van der Waals surface area contributed by atoms with Gasteiger partial charge in [-0.05, 0) is 30.0 Å². The second-order valence-electron chi connectivity index (χ2n) is 5.77. The highest BCUT2D eigenvalue weighted by Gasteiger charge is 2.14. The van der Waals surface area contributed by atoms with Crippen molar-refractivity contribution < 1.29 is 13.9 Å². The third-order valence-electron chi connectivity index (χ3n) is 4.15. The summed E-state index contributed by atoms with van der Waals surface area (Å²) < 4.78 is 11.4. The van der Waals surface area contributed by atoms with Crippen LogP contribution < -0.4 is 10.1 Å². The topological polar surface area (TPSA) is 51.5 Å². The number of carbonyl (C=O) groups excluding carboxylic acids is 1. The summed E-state index contributed by atoms with van der Waals surface area (Å²) in [6, 6.07) is 15.6. The van der Waals surface area contributed by atoms with Crippen LogP contribution in [-0.2, 0) is 11.2 Å². The first-order chi connectivity index (χ1) is 12.2.